The van der Waals surface area contributed by atoms with Gasteiger partial charge in [-0.2, -0.15) is 0 Å². The third kappa shape index (κ3) is 4.32. The third-order valence-corrected chi connectivity index (χ3v) is 4.90. The first-order valence-electron chi connectivity index (χ1n) is 7.54. The number of nitrogens with one attached hydrogen (secondary N) is 1. The van der Waals surface area contributed by atoms with Gasteiger partial charge in [0.15, 0.2) is 0 Å². The zero-order valence-electron chi connectivity index (χ0n) is 13.8. The van der Waals surface area contributed by atoms with Crippen LogP contribution >= 0.6 is 11.3 Å². The number of aromatic nitrogens is 1. The Morgan fingerprint density at radius 1 is 1.38 bits per heavy atom. The number of carboxylic acid groups (broad SMARTS) is 1. The number of aryl methyl sites for hydroxylation is 2. The fourth-order valence-corrected chi connectivity index (χ4v) is 3.24. The van der Waals surface area contributed by atoms with Crippen molar-refractivity contribution < 1.29 is 19.4 Å². The van der Waals surface area contributed by atoms with Crippen molar-refractivity contribution in [2.45, 2.75) is 32.7 Å². The van der Waals surface area contributed by atoms with Gasteiger partial charge >= 0.3 is 5.97 Å². The average Bonchev–Trinajstić information content (AvgIpc) is 2.95. The van der Waals surface area contributed by atoms with Crippen LogP contribution in [0.4, 0.5) is 0 Å². The number of nitrogens with zero attached hydrogens (tertiary/aromatic N) is 1. The maximum absolute atomic E-state index is 12.1. The zero-order valence-corrected chi connectivity index (χ0v) is 14.6. The molecule has 1 atom stereocenters. The summed E-state index contributed by atoms with van der Waals surface area (Å²) in [6.07, 6.45) is 0.890. The minimum atomic E-state index is -0.994. The van der Waals surface area contributed by atoms with Crippen LogP contribution < -0.4 is 10.1 Å². The number of amides is 1. The third-order valence-electron chi connectivity index (χ3n) is 3.57. The first-order chi connectivity index (χ1) is 11.4. The minimum Gasteiger partial charge on any atom is -0.496 e. The van der Waals surface area contributed by atoms with Crippen LogP contribution in [0, 0.1) is 6.92 Å². The molecular formula is C17H20N2O4S. The molecule has 1 aromatic carbocycles. The maximum Gasteiger partial charge on any atom is 0.347 e. The summed E-state index contributed by atoms with van der Waals surface area (Å²) >= 11 is 1.09. The van der Waals surface area contributed by atoms with Crippen LogP contribution in [-0.2, 0) is 11.2 Å². The number of carbonyl (C=O) groups excluding carboxylic acids is 1. The molecule has 2 N–H and O–H groups in total. The number of aromatic carboxylic acids is 1. The summed E-state index contributed by atoms with van der Waals surface area (Å²) in [6, 6.07) is 7.26. The molecule has 0 aliphatic rings. The van der Waals surface area contributed by atoms with Gasteiger partial charge in [-0.05, 0) is 31.9 Å². The van der Waals surface area contributed by atoms with Gasteiger partial charge in [0.2, 0.25) is 5.91 Å². The molecule has 0 aliphatic carbocycles. The van der Waals surface area contributed by atoms with Crippen LogP contribution in [0.1, 0.15) is 45.3 Å². The highest BCUT2D eigenvalue weighted by Gasteiger charge is 2.19. The molecule has 1 unspecified atom stereocenters. The predicted molar refractivity (Wildman–Crippen MR) is 91.7 cm³/mol. The molecule has 0 saturated heterocycles. The molecule has 7 heteroatoms. The van der Waals surface area contributed by atoms with E-state index < -0.39 is 5.97 Å². The Hall–Kier alpha value is -2.41. The molecule has 0 saturated carbocycles. The summed E-state index contributed by atoms with van der Waals surface area (Å²) < 4.78 is 5.27. The normalized spacial score (nSPS) is 11.8. The Labute approximate surface area is 144 Å². The number of para-hydroxylation sites is 1. The fourth-order valence-electron chi connectivity index (χ4n) is 2.33. The van der Waals surface area contributed by atoms with Crippen LogP contribution in [0.2, 0.25) is 0 Å². The zero-order chi connectivity index (χ0) is 17.7. The van der Waals surface area contributed by atoms with Crippen LogP contribution in [0.3, 0.4) is 0 Å². The monoisotopic (exact) mass is 348 g/mol. The van der Waals surface area contributed by atoms with Crippen LogP contribution in [0.15, 0.2) is 24.3 Å². The van der Waals surface area contributed by atoms with E-state index in [2.05, 4.69) is 10.3 Å². The Kier molecular flexibility index (Phi) is 5.92. The van der Waals surface area contributed by atoms with Gasteiger partial charge in [0.05, 0.1) is 18.8 Å². The van der Waals surface area contributed by atoms with E-state index in [0.717, 1.165) is 22.6 Å². The molecule has 0 spiro atoms. The maximum atomic E-state index is 12.1. The van der Waals surface area contributed by atoms with Gasteiger partial charge in [0.25, 0.3) is 0 Å². The molecule has 6 nitrogen and oxygen atoms in total. The molecule has 0 radical (unpaired) electrons. The second kappa shape index (κ2) is 7.92. The molecule has 128 valence electrons. The predicted octanol–water partition coefficient (Wildman–Crippen LogP) is 2.97. The smallest absolute Gasteiger partial charge is 0.347 e. The summed E-state index contributed by atoms with van der Waals surface area (Å²) in [5, 5.41) is 12.5. The van der Waals surface area contributed by atoms with E-state index in [1.165, 1.54) is 0 Å². The van der Waals surface area contributed by atoms with Crippen molar-refractivity contribution >= 4 is 23.2 Å². The Morgan fingerprint density at radius 2 is 2.08 bits per heavy atom. The van der Waals surface area contributed by atoms with Gasteiger partial charge in [0.1, 0.15) is 15.6 Å². The highest BCUT2D eigenvalue weighted by molar-refractivity contribution is 7.13. The van der Waals surface area contributed by atoms with Crippen LogP contribution in [0.25, 0.3) is 0 Å². The van der Waals surface area contributed by atoms with Gasteiger partial charge in [-0.15, -0.1) is 11.3 Å². The van der Waals surface area contributed by atoms with Gasteiger partial charge < -0.3 is 15.2 Å². The molecule has 0 bridgehead atoms. The summed E-state index contributed by atoms with van der Waals surface area (Å²) in [5.41, 5.74) is 1.44. The highest BCUT2D eigenvalue weighted by atomic mass is 32.1. The lowest BCUT2D eigenvalue weighted by Gasteiger charge is -2.12. The first-order valence-corrected chi connectivity index (χ1v) is 8.36. The summed E-state index contributed by atoms with van der Waals surface area (Å²) in [7, 11) is 1.60. The van der Waals surface area contributed by atoms with Crippen LogP contribution in [0.5, 0.6) is 5.75 Å². The molecule has 2 aromatic rings. The first kappa shape index (κ1) is 17.9. The van der Waals surface area contributed by atoms with Crippen LogP contribution in [-0.4, -0.2) is 29.1 Å². The molecular weight excluding hydrogens is 328 g/mol. The van der Waals surface area contributed by atoms with Gasteiger partial charge in [0, 0.05) is 6.42 Å². The standard InChI is InChI=1S/C17H20N2O4S/c1-10-15(17(21)22)24-16(19-10)11(2)18-14(20)9-8-12-6-4-5-7-13(12)23-3/h4-7,11H,8-9H2,1-3H3,(H,18,20)(H,21,22). The van der Waals surface area contributed by atoms with Gasteiger partial charge in [-0.1, -0.05) is 18.2 Å². The lowest BCUT2D eigenvalue weighted by Crippen LogP contribution is -2.26. The number of carboxylic acids is 1. The van der Waals surface area contributed by atoms with Crippen molar-refractivity contribution in [1.29, 1.82) is 0 Å². The van der Waals surface area contributed by atoms with E-state index in [4.69, 9.17) is 9.84 Å². The quantitative estimate of drug-likeness (QED) is 0.803. The molecule has 0 aliphatic heterocycles. The van der Waals surface area contributed by atoms with Crippen molar-refractivity contribution in [2.75, 3.05) is 7.11 Å². The molecule has 24 heavy (non-hydrogen) atoms. The lowest BCUT2D eigenvalue weighted by molar-refractivity contribution is -0.121. The van der Waals surface area contributed by atoms with E-state index in [9.17, 15) is 9.59 Å². The molecule has 1 amide bonds. The van der Waals surface area contributed by atoms with Crippen molar-refractivity contribution in [3.63, 3.8) is 0 Å². The molecule has 0 fully saturated rings. The number of thiazole rings is 1. The number of carbonyl (C=O) groups is 2. The molecule has 2 rings (SSSR count). The average molecular weight is 348 g/mol. The van der Waals surface area contributed by atoms with Crippen molar-refractivity contribution in [3.05, 3.63) is 45.4 Å². The Morgan fingerprint density at radius 3 is 2.71 bits per heavy atom. The van der Waals surface area contributed by atoms with Gasteiger partial charge in [-0.3, -0.25) is 4.79 Å². The number of hydrogen-bond acceptors (Lipinski definition) is 5. The van der Waals surface area contributed by atoms with E-state index in [1.807, 2.05) is 24.3 Å². The molecule has 1 aromatic heterocycles. The van der Waals surface area contributed by atoms with E-state index in [0.29, 0.717) is 23.5 Å². The highest BCUT2D eigenvalue weighted by Crippen LogP contribution is 2.24. The molecule has 1 heterocycles. The largest absolute Gasteiger partial charge is 0.496 e. The minimum absolute atomic E-state index is 0.113. The van der Waals surface area contributed by atoms with Gasteiger partial charge in [-0.25, -0.2) is 9.78 Å². The number of rotatable bonds is 7. The van der Waals surface area contributed by atoms with E-state index in [-0.39, 0.29) is 16.8 Å². The van der Waals surface area contributed by atoms with E-state index in [1.54, 1.807) is 21.0 Å². The summed E-state index contributed by atoms with van der Waals surface area (Å²) in [4.78, 5) is 27.6. The van der Waals surface area contributed by atoms with Crippen molar-refractivity contribution in [3.8, 4) is 5.75 Å². The van der Waals surface area contributed by atoms with E-state index >= 15 is 0 Å². The fraction of sp³-hybridized carbons (Fsp3) is 0.353. The second-order valence-electron chi connectivity index (χ2n) is 5.37. The van der Waals surface area contributed by atoms with Crippen molar-refractivity contribution in [1.82, 2.24) is 10.3 Å². The Bertz CT molecular complexity index is 742. The number of benzene rings is 1. The number of ether oxygens (including phenoxy) is 1. The number of hydrogen-bond donors (Lipinski definition) is 2. The Balaban J connectivity index is 1.94. The topological polar surface area (TPSA) is 88.5 Å². The lowest BCUT2D eigenvalue weighted by atomic mass is 10.1. The summed E-state index contributed by atoms with van der Waals surface area (Å²) in [5.74, 6) is -0.343. The number of methoxy groups -OCH3 is 1. The second-order valence-corrected chi connectivity index (χ2v) is 6.40. The summed E-state index contributed by atoms with van der Waals surface area (Å²) in [6.45, 7) is 3.45. The van der Waals surface area contributed by atoms with Crippen molar-refractivity contribution in [2.24, 2.45) is 0 Å². The SMILES string of the molecule is COc1ccccc1CCC(=O)NC(C)c1nc(C)c(C(=O)O)s1.